The topological polar surface area (TPSA) is 82.8 Å². The van der Waals surface area contributed by atoms with Crippen molar-refractivity contribution >= 4 is 17.6 Å². The standard InChI is InChI=1S/C8H11N5OS/c1-6-10-11-8(14-6)15-5-4-13-3-2-7(9)12-13/h2-3H,4-5H2,1H3,(H2,9,12). The van der Waals surface area contributed by atoms with Gasteiger partial charge in [-0.05, 0) is 6.07 Å². The molecule has 2 rings (SSSR count). The maximum absolute atomic E-state index is 5.49. The molecular weight excluding hydrogens is 214 g/mol. The lowest BCUT2D eigenvalue weighted by Crippen LogP contribution is -2.01. The first kappa shape index (κ1) is 10.0. The van der Waals surface area contributed by atoms with Gasteiger partial charge in [-0.1, -0.05) is 11.8 Å². The van der Waals surface area contributed by atoms with Crippen LogP contribution < -0.4 is 5.73 Å². The molecule has 80 valence electrons. The first-order valence-corrected chi connectivity index (χ1v) is 5.44. The molecule has 0 saturated carbocycles. The van der Waals surface area contributed by atoms with Gasteiger partial charge in [0.2, 0.25) is 5.89 Å². The molecule has 0 aliphatic rings. The Kier molecular flexibility index (Phi) is 2.91. The van der Waals surface area contributed by atoms with Crippen molar-refractivity contribution in [3.05, 3.63) is 18.2 Å². The van der Waals surface area contributed by atoms with E-state index in [4.69, 9.17) is 10.2 Å². The summed E-state index contributed by atoms with van der Waals surface area (Å²) in [6.45, 7) is 2.54. The molecule has 0 amide bonds. The van der Waals surface area contributed by atoms with Gasteiger partial charge < -0.3 is 10.2 Å². The summed E-state index contributed by atoms with van der Waals surface area (Å²) in [5.74, 6) is 1.94. The lowest BCUT2D eigenvalue weighted by atomic mass is 10.7. The van der Waals surface area contributed by atoms with Crippen LogP contribution in [0.2, 0.25) is 0 Å². The fraction of sp³-hybridized carbons (Fsp3) is 0.375. The minimum atomic E-state index is 0.536. The molecule has 0 fully saturated rings. The van der Waals surface area contributed by atoms with Crippen molar-refractivity contribution in [1.82, 2.24) is 20.0 Å². The van der Waals surface area contributed by atoms with E-state index in [-0.39, 0.29) is 0 Å². The van der Waals surface area contributed by atoms with E-state index >= 15 is 0 Å². The third-order valence-corrected chi connectivity index (χ3v) is 2.51. The number of thioether (sulfide) groups is 1. The molecule has 0 bridgehead atoms. The third kappa shape index (κ3) is 2.72. The lowest BCUT2D eigenvalue weighted by Gasteiger charge is -1.97. The molecule has 0 spiro atoms. The number of rotatable bonds is 4. The zero-order chi connectivity index (χ0) is 10.7. The summed E-state index contributed by atoms with van der Waals surface area (Å²) in [5.41, 5.74) is 5.49. The van der Waals surface area contributed by atoms with Gasteiger partial charge in [-0.3, -0.25) is 4.68 Å². The van der Waals surface area contributed by atoms with Gasteiger partial charge in [-0.15, -0.1) is 10.2 Å². The SMILES string of the molecule is Cc1nnc(SCCn2ccc(N)n2)o1. The van der Waals surface area contributed by atoms with Crippen molar-refractivity contribution in [1.29, 1.82) is 0 Å². The maximum Gasteiger partial charge on any atom is 0.276 e. The van der Waals surface area contributed by atoms with E-state index in [2.05, 4.69) is 15.3 Å². The Morgan fingerprint density at radius 2 is 2.40 bits per heavy atom. The first-order valence-electron chi connectivity index (χ1n) is 4.46. The number of nitrogens with two attached hydrogens (primary N) is 1. The van der Waals surface area contributed by atoms with Gasteiger partial charge in [0.15, 0.2) is 0 Å². The predicted octanol–water partition coefficient (Wildman–Crippen LogP) is 0.949. The Morgan fingerprint density at radius 3 is 3.00 bits per heavy atom. The van der Waals surface area contributed by atoms with E-state index in [1.165, 1.54) is 11.8 Å². The molecule has 0 aliphatic carbocycles. The van der Waals surface area contributed by atoms with E-state index in [1.54, 1.807) is 17.7 Å². The second-order valence-electron chi connectivity index (χ2n) is 2.94. The van der Waals surface area contributed by atoms with E-state index < -0.39 is 0 Å². The van der Waals surface area contributed by atoms with Gasteiger partial charge in [-0.25, -0.2) is 0 Å². The molecule has 6 nitrogen and oxygen atoms in total. The molecule has 7 heteroatoms. The van der Waals surface area contributed by atoms with Crippen molar-refractivity contribution < 1.29 is 4.42 Å². The number of nitrogens with zero attached hydrogens (tertiary/aromatic N) is 4. The van der Waals surface area contributed by atoms with Gasteiger partial charge in [0.1, 0.15) is 5.82 Å². The van der Waals surface area contributed by atoms with Crippen molar-refractivity contribution in [2.45, 2.75) is 18.7 Å². The van der Waals surface area contributed by atoms with Crippen LogP contribution in [0, 0.1) is 6.92 Å². The number of anilines is 1. The van der Waals surface area contributed by atoms with Gasteiger partial charge in [-0.2, -0.15) is 5.10 Å². The molecule has 2 aromatic heterocycles. The smallest absolute Gasteiger partial charge is 0.276 e. The summed E-state index contributed by atoms with van der Waals surface area (Å²) in [6, 6.07) is 1.77. The van der Waals surface area contributed by atoms with Crippen molar-refractivity contribution in [2.24, 2.45) is 0 Å². The summed E-state index contributed by atoms with van der Waals surface area (Å²) in [6.07, 6.45) is 1.84. The number of aromatic nitrogens is 4. The number of hydrogen-bond acceptors (Lipinski definition) is 6. The van der Waals surface area contributed by atoms with E-state index in [9.17, 15) is 0 Å². The molecule has 2 N–H and O–H groups in total. The molecule has 0 aliphatic heterocycles. The molecule has 0 radical (unpaired) electrons. The highest BCUT2D eigenvalue weighted by molar-refractivity contribution is 7.99. The molecule has 2 heterocycles. The maximum atomic E-state index is 5.49. The Balaban J connectivity index is 1.80. The van der Waals surface area contributed by atoms with Crippen molar-refractivity contribution in [2.75, 3.05) is 11.5 Å². The number of nitrogen functional groups attached to an aromatic ring is 1. The number of aryl methyl sites for hydroxylation is 2. The fourth-order valence-corrected chi connectivity index (χ4v) is 1.80. The fourth-order valence-electron chi connectivity index (χ4n) is 1.07. The van der Waals surface area contributed by atoms with Gasteiger partial charge in [0, 0.05) is 18.9 Å². The van der Waals surface area contributed by atoms with E-state index in [0.717, 1.165) is 12.3 Å². The zero-order valence-corrected chi connectivity index (χ0v) is 9.07. The van der Waals surface area contributed by atoms with Gasteiger partial charge >= 0.3 is 0 Å². The Morgan fingerprint density at radius 1 is 1.53 bits per heavy atom. The van der Waals surface area contributed by atoms with Crippen molar-refractivity contribution in [3.8, 4) is 0 Å². The summed E-state index contributed by atoms with van der Waals surface area (Å²) >= 11 is 1.50. The Bertz CT molecular complexity index is 397. The first-order chi connectivity index (χ1) is 7.24. The third-order valence-electron chi connectivity index (χ3n) is 1.71. The van der Waals surface area contributed by atoms with Crippen LogP contribution in [-0.4, -0.2) is 25.7 Å². The van der Waals surface area contributed by atoms with E-state index in [1.807, 2.05) is 6.20 Å². The quantitative estimate of drug-likeness (QED) is 0.780. The van der Waals surface area contributed by atoms with Crippen LogP contribution in [0.25, 0.3) is 0 Å². The van der Waals surface area contributed by atoms with Crippen LogP contribution in [0.1, 0.15) is 5.89 Å². The Hall–Kier alpha value is -1.50. The molecule has 15 heavy (non-hydrogen) atoms. The van der Waals surface area contributed by atoms with Crippen LogP contribution in [0.15, 0.2) is 21.9 Å². The van der Waals surface area contributed by atoms with Crippen LogP contribution >= 0.6 is 11.8 Å². The van der Waals surface area contributed by atoms with Gasteiger partial charge in [0.05, 0.1) is 6.54 Å². The van der Waals surface area contributed by atoms with E-state index in [0.29, 0.717) is 16.9 Å². The summed E-state index contributed by atoms with van der Waals surface area (Å²) in [7, 11) is 0. The second kappa shape index (κ2) is 4.35. The second-order valence-corrected chi connectivity index (χ2v) is 3.99. The average molecular weight is 225 g/mol. The zero-order valence-electron chi connectivity index (χ0n) is 8.25. The number of hydrogen-bond donors (Lipinski definition) is 1. The van der Waals surface area contributed by atoms with Crippen molar-refractivity contribution in [3.63, 3.8) is 0 Å². The van der Waals surface area contributed by atoms with Crippen LogP contribution in [-0.2, 0) is 6.54 Å². The highest BCUT2D eigenvalue weighted by Crippen LogP contribution is 2.15. The summed E-state index contributed by atoms with van der Waals surface area (Å²) in [4.78, 5) is 0. The monoisotopic (exact) mass is 225 g/mol. The Labute approximate surface area is 90.9 Å². The molecule has 0 unspecified atom stereocenters. The highest BCUT2D eigenvalue weighted by atomic mass is 32.2. The summed E-state index contributed by atoms with van der Waals surface area (Å²) < 4.78 is 7.00. The normalized spacial score (nSPS) is 10.7. The minimum Gasteiger partial charge on any atom is -0.416 e. The van der Waals surface area contributed by atoms with Gasteiger partial charge in [0.25, 0.3) is 5.22 Å². The lowest BCUT2D eigenvalue weighted by molar-refractivity contribution is 0.429. The molecule has 0 aromatic carbocycles. The largest absolute Gasteiger partial charge is 0.416 e. The molecule has 2 aromatic rings. The molecule has 0 atom stereocenters. The minimum absolute atomic E-state index is 0.536. The highest BCUT2D eigenvalue weighted by Gasteiger charge is 2.02. The van der Waals surface area contributed by atoms with Crippen LogP contribution in [0.4, 0.5) is 5.82 Å². The van der Waals surface area contributed by atoms with Crippen LogP contribution in [0.3, 0.4) is 0 Å². The average Bonchev–Trinajstić information content (AvgIpc) is 2.76. The summed E-state index contributed by atoms with van der Waals surface area (Å²) in [5, 5.41) is 12.3. The van der Waals surface area contributed by atoms with Crippen LogP contribution in [0.5, 0.6) is 0 Å². The molecular formula is C8H11N5OS. The molecule has 0 saturated heterocycles. The predicted molar refractivity (Wildman–Crippen MR) is 56.4 cm³/mol.